The fourth-order valence-electron chi connectivity index (χ4n) is 3.66. The molecule has 2 atom stereocenters. The molecule has 4 heteroatoms. The minimum atomic E-state index is -0.599. The zero-order valence-corrected chi connectivity index (χ0v) is 12.9. The lowest BCUT2D eigenvalue weighted by Crippen LogP contribution is -2.63. The summed E-state index contributed by atoms with van der Waals surface area (Å²) in [6.45, 7) is 2.91. The van der Waals surface area contributed by atoms with Gasteiger partial charge in [0.2, 0.25) is 5.91 Å². The largest absolute Gasteiger partial charge is 0.368 e. The summed E-state index contributed by atoms with van der Waals surface area (Å²) in [6.07, 6.45) is 4.42. The van der Waals surface area contributed by atoms with E-state index in [4.69, 9.17) is 5.73 Å². The van der Waals surface area contributed by atoms with Crippen LogP contribution in [0, 0.1) is 5.92 Å². The number of hydrogen-bond donors (Lipinski definition) is 2. The second-order valence-electron chi connectivity index (χ2n) is 6.50. The molecule has 1 heterocycles. The molecule has 2 unspecified atom stereocenters. The van der Waals surface area contributed by atoms with E-state index in [1.54, 1.807) is 0 Å². The van der Waals surface area contributed by atoms with Crippen molar-refractivity contribution in [2.45, 2.75) is 44.2 Å². The Hall–Kier alpha value is -1.55. The van der Waals surface area contributed by atoms with Crippen LogP contribution in [0.5, 0.6) is 0 Å². The van der Waals surface area contributed by atoms with Gasteiger partial charge in [-0.25, -0.2) is 0 Å². The number of para-hydroxylation sites is 1. The molecule has 0 spiro atoms. The first-order valence-corrected chi connectivity index (χ1v) is 7.92. The Bertz CT molecular complexity index is 541. The van der Waals surface area contributed by atoms with Crippen molar-refractivity contribution in [3.05, 3.63) is 29.8 Å². The van der Waals surface area contributed by atoms with E-state index in [0.717, 1.165) is 25.7 Å². The lowest BCUT2D eigenvalue weighted by molar-refractivity contribution is -0.124. The van der Waals surface area contributed by atoms with Gasteiger partial charge in [0.1, 0.15) is 5.54 Å². The van der Waals surface area contributed by atoms with Crippen molar-refractivity contribution >= 4 is 11.6 Å². The van der Waals surface area contributed by atoms with Crippen LogP contribution in [-0.2, 0) is 11.2 Å². The topological polar surface area (TPSA) is 58.4 Å². The van der Waals surface area contributed by atoms with Crippen LogP contribution in [-0.4, -0.2) is 31.1 Å². The van der Waals surface area contributed by atoms with Crippen molar-refractivity contribution in [1.29, 1.82) is 0 Å². The Kier molecular flexibility index (Phi) is 3.66. The summed E-state index contributed by atoms with van der Waals surface area (Å²) >= 11 is 0. The molecule has 1 aromatic carbocycles. The molecule has 114 valence electrons. The number of rotatable bonds is 5. The number of carbonyl (C=O) groups excluding carboxylic acids is 1. The number of likely N-dealkylation sites (N-methyl/N-ethyl adjacent to an activating group) is 1. The van der Waals surface area contributed by atoms with Crippen LogP contribution in [0.2, 0.25) is 0 Å². The van der Waals surface area contributed by atoms with Gasteiger partial charge in [-0.05, 0) is 57.2 Å². The van der Waals surface area contributed by atoms with Crippen LogP contribution in [0.4, 0.5) is 5.69 Å². The lowest BCUT2D eigenvalue weighted by Gasteiger charge is -2.43. The molecular weight excluding hydrogens is 262 g/mol. The number of carbonyl (C=O) groups is 1. The molecule has 0 radical (unpaired) electrons. The molecule has 4 nitrogen and oxygen atoms in total. The van der Waals surface area contributed by atoms with Crippen molar-refractivity contribution in [1.82, 2.24) is 5.32 Å². The summed E-state index contributed by atoms with van der Waals surface area (Å²) in [5.74, 6) is 0.157. The minimum absolute atomic E-state index is 0.220. The Morgan fingerprint density at radius 1 is 1.38 bits per heavy atom. The number of primary amides is 1. The van der Waals surface area contributed by atoms with Gasteiger partial charge in [-0.3, -0.25) is 4.79 Å². The third kappa shape index (κ3) is 2.42. The van der Waals surface area contributed by atoms with Crippen molar-refractivity contribution in [2.24, 2.45) is 11.7 Å². The first-order valence-electron chi connectivity index (χ1n) is 7.92. The Morgan fingerprint density at radius 2 is 2.10 bits per heavy atom. The third-order valence-electron chi connectivity index (χ3n) is 5.24. The van der Waals surface area contributed by atoms with Crippen molar-refractivity contribution in [3.63, 3.8) is 0 Å². The fourth-order valence-corrected chi connectivity index (χ4v) is 3.66. The first-order chi connectivity index (χ1) is 10.1. The van der Waals surface area contributed by atoms with Gasteiger partial charge < -0.3 is 16.0 Å². The molecular formula is C17H25N3O. The van der Waals surface area contributed by atoms with Crippen LogP contribution in [0.25, 0.3) is 0 Å². The van der Waals surface area contributed by atoms with Gasteiger partial charge in [0, 0.05) is 18.3 Å². The zero-order chi connectivity index (χ0) is 15.0. The number of anilines is 1. The Morgan fingerprint density at radius 3 is 2.71 bits per heavy atom. The highest BCUT2D eigenvalue weighted by molar-refractivity contribution is 5.86. The van der Waals surface area contributed by atoms with Crippen LogP contribution in [0.3, 0.4) is 0 Å². The maximum atomic E-state index is 12.2. The van der Waals surface area contributed by atoms with E-state index in [2.05, 4.69) is 41.4 Å². The molecule has 1 aromatic rings. The van der Waals surface area contributed by atoms with E-state index >= 15 is 0 Å². The van der Waals surface area contributed by atoms with E-state index in [9.17, 15) is 4.79 Å². The maximum absolute atomic E-state index is 12.2. The molecule has 0 bridgehead atoms. The highest BCUT2D eigenvalue weighted by Gasteiger charge is 2.50. The average Bonchev–Trinajstić information content (AvgIpc) is 3.31. The van der Waals surface area contributed by atoms with E-state index < -0.39 is 5.54 Å². The van der Waals surface area contributed by atoms with Crippen molar-refractivity contribution in [2.75, 3.05) is 18.5 Å². The summed E-state index contributed by atoms with van der Waals surface area (Å²) in [4.78, 5) is 14.5. The molecule has 0 saturated heterocycles. The van der Waals surface area contributed by atoms with E-state index in [-0.39, 0.29) is 5.91 Å². The number of fused-ring (bicyclic) bond motifs is 1. The number of benzene rings is 1. The fraction of sp³-hybridized carbons (Fsp3) is 0.588. The van der Waals surface area contributed by atoms with Crippen LogP contribution in [0.1, 0.15) is 31.7 Å². The van der Waals surface area contributed by atoms with Crippen LogP contribution >= 0.6 is 0 Å². The van der Waals surface area contributed by atoms with Gasteiger partial charge >= 0.3 is 0 Å². The van der Waals surface area contributed by atoms with Crippen LogP contribution in [0.15, 0.2) is 24.3 Å². The molecule has 1 fully saturated rings. The third-order valence-corrected chi connectivity index (χ3v) is 5.24. The van der Waals surface area contributed by atoms with Gasteiger partial charge in [0.15, 0.2) is 0 Å². The maximum Gasteiger partial charge on any atom is 0.239 e. The molecule has 0 aromatic heterocycles. The molecule has 1 aliphatic carbocycles. The molecule has 3 N–H and O–H groups in total. The van der Waals surface area contributed by atoms with Gasteiger partial charge in [-0.15, -0.1) is 0 Å². The van der Waals surface area contributed by atoms with E-state index in [1.807, 2.05) is 7.05 Å². The smallest absolute Gasteiger partial charge is 0.239 e. The highest BCUT2D eigenvalue weighted by atomic mass is 16.1. The Balaban J connectivity index is 1.94. The number of nitrogens with one attached hydrogen (secondary N) is 1. The van der Waals surface area contributed by atoms with Crippen LogP contribution < -0.4 is 16.0 Å². The van der Waals surface area contributed by atoms with E-state index in [0.29, 0.717) is 18.5 Å². The summed E-state index contributed by atoms with van der Waals surface area (Å²) in [7, 11) is 1.86. The second kappa shape index (κ2) is 5.34. The SMILES string of the molecule is CNC(CN1c2ccccc2CCC1C)(C(N)=O)C1CC1. The van der Waals surface area contributed by atoms with Gasteiger partial charge in [0.05, 0.1) is 0 Å². The molecule has 1 aliphatic heterocycles. The predicted octanol–water partition coefficient (Wildman–Crippen LogP) is 1.68. The standard InChI is InChI=1S/C17H25N3O/c1-12-7-8-13-5-3-4-6-15(13)20(12)11-17(19-2,16(18)21)14-9-10-14/h3-6,12,14,19H,7-11H2,1-2H3,(H2,18,21). The molecule has 3 rings (SSSR count). The summed E-state index contributed by atoms with van der Waals surface area (Å²) in [5, 5.41) is 3.26. The van der Waals surface area contributed by atoms with Gasteiger partial charge in [-0.1, -0.05) is 18.2 Å². The number of aryl methyl sites for hydroxylation is 1. The number of amides is 1. The second-order valence-corrected chi connectivity index (χ2v) is 6.50. The minimum Gasteiger partial charge on any atom is -0.368 e. The van der Waals surface area contributed by atoms with E-state index in [1.165, 1.54) is 11.3 Å². The first kappa shape index (κ1) is 14.4. The summed E-state index contributed by atoms with van der Waals surface area (Å²) < 4.78 is 0. The quantitative estimate of drug-likeness (QED) is 0.866. The molecule has 1 saturated carbocycles. The molecule has 1 amide bonds. The zero-order valence-electron chi connectivity index (χ0n) is 12.9. The monoisotopic (exact) mass is 287 g/mol. The highest BCUT2D eigenvalue weighted by Crippen LogP contribution is 2.42. The number of nitrogens with zero attached hydrogens (tertiary/aromatic N) is 1. The lowest BCUT2D eigenvalue weighted by atomic mass is 9.88. The van der Waals surface area contributed by atoms with Gasteiger partial charge in [-0.2, -0.15) is 0 Å². The summed E-state index contributed by atoms with van der Waals surface area (Å²) in [5.41, 5.74) is 7.82. The van der Waals surface area contributed by atoms with Crippen molar-refractivity contribution < 1.29 is 4.79 Å². The average molecular weight is 287 g/mol. The normalized spacial score (nSPS) is 24.3. The molecule has 2 aliphatic rings. The van der Waals surface area contributed by atoms with Crippen molar-refractivity contribution in [3.8, 4) is 0 Å². The molecule has 21 heavy (non-hydrogen) atoms. The number of hydrogen-bond acceptors (Lipinski definition) is 3. The summed E-state index contributed by atoms with van der Waals surface area (Å²) in [6, 6.07) is 8.96. The number of nitrogens with two attached hydrogens (primary N) is 1. The predicted molar refractivity (Wildman–Crippen MR) is 85.3 cm³/mol. The Labute approximate surface area is 126 Å². The van der Waals surface area contributed by atoms with Gasteiger partial charge in [0.25, 0.3) is 0 Å².